The van der Waals surface area contributed by atoms with Crippen LogP contribution in [0.5, 0.6) is 0 Å². The molecule has 3 heterocycles. The highest BCUT2D eigenvalue weighted by Crippen LogP contribution is 2.44. The first-order valence-electron chi connectivity index (χ1n) is 9.77. The Hall–Kier alpha value is -2.61. The quantitative estimate of drug-likeness (QED) is 0.840. The number of nitrogens with zero attached hydrogens (tertiary/aromatic N) is 3. The van der Waals surface area contributed by atoms with Crippen LogP contribution in [0.25, 0.3) is 11.1 Å². The zero-order chi connectivity index (χ0) is 19.9. The molecule has 2 amide bonds. The topological polar surface area (TPSA) is 102 Å². The molecule has 1 unspecified atom stereocenters. The minimum absolute atomic E-state index is 0.0397. The third-order valence-electron chi connectivity index (χ3n) is 6.45. The largest absolute Gasteiger partial charge is 0.420 e. The number of oxazole rings is 1. The molecule has 8 heteroatoms. The van der Waals surface area contributed by atoms with E-state index < -0.39 is 5.76 Å². The van der Waals surface area contributed by atoms with E-state index in [1.165, 1.54) is 4.57 Å². The van der Waals surface area contributed by atoms with Gasteiger partial charge in [0.05, 0.1) is 11.6 Å². The number of benzene rings is 1. The van der Waals surface area contributed by atoms with Crippen molar-refractivity contribution in [1.82, 2.24) is 14.4 Å². The Balaban J connectivity index is 1.47. The lowest BCUT2D eigenvalue weighted by molar-refractivity contribution is -0.139. The second kappa shape index (κ2) is 7.09. The Morgan fingerprint density at radius 1 is 1.18 bits per heavy atom. The second-order valence-electron chi connectivity index (χ2n) is 8.05. The number of carbonyl (C=O) groups is 2. The fourth-order valence-corrected chi connectivity index (χ4v) is 5.06. The van der Waals surface area contributed by atoms with Crippen molar-refractivity contribution in [3.8, 4) is 0 Å². The predicted octanol–water partition coefficient (Wildman–Crippen LogP) is 0.783. The minimum atomic E-state index is -0.522. The summed E-state index contributed by atoms with van der Waals surface area (Å²) in [6.07, 6.45) is 3.48. The third-order valence-corrected chi connectivity index (χ3v) is 6.45. The summed E-state index contributed by atoms with van der Waals surface area (Å²) < 4.78 is 6.59. The lowest BCUT2D eigenvalue weighted by Gasteiger charge is -2.51. The zero-order valence-electron chi connectivity index (χ0n) is 16.1. The number of likely N-dealkylation sites (N-methyl/N-ethyl adjacent to an activating group) is 1. The predicted molar refractivity (Wildman–Crippen MR) is 104 cm³/mol. The van der Waals surface area contributed by atoms with Crippen LogP contribution in [-0.2, 0) is 16.1 Å². The maximum atomic E-state index is 12.8. The molecule has 0 radical (unpaired) electrons. The van der Waals surface area contributed by atoms with E-state index in [0.717, 1.165) is 32.2 Å². The molecular formula is C20H26N4O4. The van der Waals surface area contributed by atoms with Gasteiger partial charge >= 0.3 is 5.76 Å². The van der Waals surface area contributed by atoms with Crippen molar-refractivity contribution in [1.29, 1.82) is 0 Å². The lowest BCUT2D eigenvalue weighted by atomic mass is 9.66. The fraction of sp³-hybridized carbons (Fsp3) is 0.550. The van der Waals surface area contributed by atoms with Gasteiger partial charge < -0.3 is 15.1 Å². The summed E-state index contributed by atoms with van der Waals surface area (Å²) in [6, 6.07) is 6.81. The van der Waals surface area contributed by atoms with Crippen LogP contribution < -0.4 is 11.5 Å². The summed E-state index contributed by atoms with van der Waals surface area (Å²) in [6.45, 7) is 1.97. The Labute approximate surface area is 162 Å². The van der Waals surface area contributed by atoms with Crippen LogP contribution in [0, 0.1) is 5.41 Å². The number of carbonyl (C=O) groups excluding carboxylic acids is 2. The first-order chi connectivity index (χ1) is 13.4. The minimum Gasteiger partial charge on any atom is -0.408 e. The normalized spacial score (nSPS) is 22.6. The highest BCUT2D eigenvalue weighted by Gasteiger charge is 2.48. The number of hydrogen-bond acceptors (Lipinski definition) is 5. The van der Waals surface area contributed by atoms with Gasteiger partial charge in [-0.05, 0) is 56.8 Å². The molecule has 0 bridgehead atoms. The maximum Gasteiger partial charge on any atom is 0.420 e. The maximum absolute atomic E-state index is 12.8. The van der Waals surface area contributed by atoms with Gasteiger partial charge in [-0.25, -0.2) is 4.79 Å². The van der Waals surface area contributed by atoms with Gasteiger partial charge in [0.1, 0.15) is 6.54 Å². The van der Waals surface area contributed by atoms with Gasteiger partial charge in [-0.1, -0.05) is 12.1 Å². The van der Waals surface area contributed by atoms with E-state index in [1.54, 1.807) is 23.1 Å². The van der Waals surface area contributed by atoms with Gasteiger partial charge in [0, 0.05) is 13.1 Å². The molecule has 1 aromatic heterocycles. The summed E-state index contributed by atoms with van der Waals surface area (Å²) in [7, 11) is 1.95. The number of nitrogens with two attached hydrogens (primary N) is 1. The Kier molecular flexibility index (Phi) is 4.74. The molecular weight excluding hydrogens is 360 g/mol. The Morgan fingerprint density at radius 2 is 1.89 bits per heavy atom. The van der Waals surface area contributed by atoms with Gasteiger partial charge in [0.25, 0.3) is 0 Å². The number of fused-ring (bicyclic) bond motifs is 1. The molecule has 28 heavy (non-hydrogen) atoms. The van der Waals surface area contributed by atoms with Gasteiger partial charge in [0.2, 0.25) is 11.8 Å². The van der Waals surface area contributed by atoms with Crippen LogP contribution in [0.15, 0.2) is 33.5 Å². The van der Waals surface area contributed by atoms with Crippen LogP contribution in [0.1, 0.15) is 25.7 Å². The van der Waals surface area contributed by atoms with Crippen molar-refractivity contribution in [2.75, 3.05) is 26.7 Å². The summed E-state index contributed by atoms with van der Waals surface area (Å²) in [5.74, 6) is -0.910. The van der Waals surface area contributed by atoms with Crippen molar-refractivity contribution in [3.05, 3.63) is 34.8 Å². The van der Waals surface area contributed by atoms with E-state index in [4.69, 9.17) is 10.2 Å². The van der Waals surface area contributed by atoms with E-state index in [1.807, 2.05) is 13.1 Å². The molecule has 2 N–H and O–H groups in total. The number of likely N-dealkylation sites (tertiary alicyclic amines) is 2. The monoisotopic (exact) mass is 386 g/mol. The first-order valence-corrected chi connectivity index (χ1v) is 9.77. The molecule has 2 saturated heterocycles. The number of primary amides is 1. The number of para-hydroxylation sites is 2. The average molecular weight is 386 g/mol. The fourth-order valence-electron chi connectivity index (χ4n) is 5.06. The van der Waals surface area contributed by atoms with Crippen molar-refractivity contribution < 1.29 is 14.0 Å². The van der Waals surface area contributed by atoms with Crippen LogP contribution in [0.3, 0.4) is 0 Å². The molecule has 0 saturated carbocycles. The van der Waals surface area contributed by atoms with E-state index in [2.05, 4.69) is 4.90 Å². The van der Waals surface area contributed by atoms with Crippen LogP contribution >= 0.6 is 0 Å². The van der Waals surface area contributed by atoms with Crippen molar-refractivity contribution in [2.24, 2.45) is 11.1 Å². The van der Waals surface area contributed by atoms with Gasteiger partial charge in [0.15, 0.2) is 5.58 Å². The molecule has 2 aliphatic rings. The first kappa shape index (κ1) is 18.7. The number of rotatable bonds is 3. The van der Waals surface area contributed by atoms with Crippen molar-refractivity contribution in [2.45, 2.75) is 38.3 Å². The van der Waals surface area contributed by atoms with E-state index in [9.17, 15) is 14.4 Å². The highest BCUT2D eigenvalue weighted by atomic mass is 16.4. The lowest BCUT2D eigenvalue weighted by Crippen LogP contribution is -2.60. The molecule has 1 spiro atoms. The molecule has 8 nitrogen and oxygen atoms in total. The molecule has 0 aliphatic carbocycles. The molecule has 1 aromatic carbocycles. The summed E-state index contributed by atoms with van der Waals surface area (Å²) in [5, 5.41) is 0. The number of amides is 2. The van der Waals surface area contributed by atoms with Crippen molar-refractivity contribution >= 4 is 22.9 Å². The second-order valence-corrected chi connectivity index (χ2v) is 8.05. The van der Waals surface area contributed by atoms with E-state index in [-0.39, 0.29) is 29.8 Å². The standard InChI is InChI=1S/C20H26N4O4/c1-22-10-4-7-20(17(22)18(21)26)8-11-23(12-9-20)16(25)13-24-14-5-2-3-6-15(14)28-19(24)27/h2-3,5-6,17H,4,7-13H2,1H3,(H2,21,26). The smallest absolute Gasteiger partial charge is 0.408 e. The molecule has 1 atom stereocenters. The zero-order valence-corrected chi connectivity index (χ0v) is 16.1. The summed E-state index contributed by atoms with van der Waals surface area (Å²) >= 11 is 0. The van der Waals surface area contributed by atoms with Gasteiger partial charge in [-0.15, -0.1) is 0 Å². The Bertz CT molecular complexity index is 955. The van der Waals surface area contributed by atoms with Gasteiger partial charge in [-0.2, -0.15) is 0 Å². The third kappa shape index (κ3) is 3.11. The van der Waals surface area contributed by atoms with Crippen LogP contribution in [0.2, 0.25) is 0 Å². The van der Waals surface area contributed by atoms with E-state index in [0.29, 0.717) is 24.2 Å². The van der Waals surface area contributed by atoms with Gasteiger partial charge in [-0.3, -0.25) is 19.1 Å². The molecule has 2 aliphatic heterocycles. The number of piperidine rings is 2. The molecule has 150 valence electrons. The molecule has 2 fully saturated rings. The molecule has 4 rings (SSSR count). The Morgan fingerprint density at radius 3 is 2.61 bits per heavy atom. The van der Waals surface area contributed by atoms with Crippen LogP contribution in [-0.4, -0.2) is 58.9 Å². The summed E-state index contributed by atoms with van der Waals surface area (Å²) in [5.41, 5.74) is 6.65. The molecule has 2 aromatic rings. The number of hydrogen-bond donors (Lipinski definition) is 1. The summed E-state index contributed by atoms with van der Waals surface area (Å²) in [4.78, 5) is 40.9. The van der Waals surface area contributed by atoms with Crippen LogP contribution in [0.4, 0.5) is 0 Å². The van der Waals surface area contributed by atoms with E-state index >= 15 is 0 Å². The average Bonchev–Trinajstić information content (AvgIpc) is 2.97. The SMILES string of the molecule is CN1CCCC2(CCN(C(=O)Cn3c(=O)oc4ccccc43)CC2)C1C(N)=O. The highest BCUT2D eigenvalue weighted by molar-refractivity contribution is 5.82. The number of aromatic nitrogens is 1. The van der Waals surface area contributed by atoms with Crippen molar-refractivity contribution in [3.63, 3.8) is 0 Å².